The van der Waals surface area contributed by atoms with E-state index in [2.05, 4.69) is 10.4 Å². The van der Waals surface area contributed by atoms with E-state index < -0.39 is 34.9 Å². The summed E-state index contributed by atoms with van der Waals surface area (Å²) in [4.78, 5) is 47.9. The highest BCUT2D eigenvalue weighted by Gasteiger charge is 2.41. The van der Waals surface area contributed by atoms with Crippen molar-refractivity contribution in [2.24, 2.45) is 7.05 Å². The number of hydrogen-bond acceptors (Lipinski definition) is 7. The third-order valence-corrected chi connectivity index (χ3v) is 3.79. The van der Waals surface area contributed by atoms with Crippen LogP contribution in [0.1, 0.15) is 26.3 Å². The number of carbonyl (C=O) groups excluding carboxylic acids is 3. The number of imide groups is 1. The number of fused-ring (bicyclic) bond motifs is 1. The van der Waals surface area contributed by atoms with Gasteiger partial charge in [0.15, 0.2) is 0 Å². The predicted molar refractivity (Wildman–Crippen MR) is 85.0 cm³/mol. The van der Waals surface area contributed by atoms with Crippen LogP contribution in [0.5, 0.6) is 0 Å². The minimum Gasteiger partial charge on any atom is -0.308 e. The van der Waals surface area contributed by atoms with Crippen LogP contribution in [0.4, 0.5) is 11.5 Å². The van der Waals surface area contributed by atoms with Crippen molar-refractivity contribution in [1.29, 1.82) is 5.26 Å². The van der Waals surface area contributed by atoms with Crippen molar-refractivity contribution in [3.63, 3.8) is 0 Å². The number of benzene rings is 1. The Morgan fingerprint density at radius 1 is 1.38 bits per heavy atom. The zero-order chi connectivity index (χ0) is 19.0. The van der Waals surface area contributed by atoms with Gasteiger partial charge in [-0.05, 0) is 6.07 Å². The van der Waals surface area contributed by atoms with Gasteiger partial charge < -0.3 is 5.32 Å². The number of aryl methyl sites for hydroxylation is 1. The number of hydrogen-bond donors (Lipinski definition) is 1. The minimum absolute atomic E-state index is 0.110. The van der Waals surface area contributed by atoms with Crippen molar-refractivity contribution < 1.29 is 19.3 Å². The van der Waals surface area contributed by atoms with Crippen LogP contribution in [0.2, 0.25) is 0 Å². The predicted octanol–water partition coefficient (Wildman–Crippen LogP) is 0.435. The summed E-state index contributed by atoms with van der Waals surface area (Å²) in [6.45, 7) is -0.653. The summed E-state index contributed by atoms with van der Waals surface area (Å²) in [7, 11) is 1.50. The highest BCUT2D eigenvalue weighted by atomic mass is 16.6. The molecule has 0 aliphatic carbocycles. The van der Waals surface area contributed by atoms with Crippen LogP contribution in [0.3, 0.4) is 0 Å². The second kappa shape index (κ2) is 6.10. The third-order valence-electron chi connectivity index (χ3n) is 3.79. The van der Waals surface area contributed by atoms with E-state index in [1.807, 2.05) is 6.07 Å². The van der Waals surface area contributed by atoms with Crippen molar-refractivity contribution >= 4 is 29.2 Å². The maximum absolute atomic E-state index is 12.4. The first-order chi connectivity index (χ1) is 12.3. The summed E-state index contributed by atoms with van der Waals surface area (Å²) in [6, 6.07) is 5.54. The Bertz CT molecular complexity index is 1020. The van der Waals surface area contributed by atoms with Gasteiger partial charge in [-0.25, -0.2) is 0 Å². The molecule has 1 aromatic heterocycles. The van der Waals surface area contributed by atoms with E-state index in [0.717, 1.165) is 6.07 Å². The molecule has 1 aromatic carbocycles. The Labute approximate surface area is 145 Å². The number of anilines is 1. The summed E-state index contributed by atoms with van der Waals surface area (Å²) in [5.41, 5.74) is -0.857. The number of nitrogens with one attached hydrogen (secondary N) is 1. The fourth-order valence-electron chi connectivity index (χ4n) is 2.59. The van der Waals surface area contributed by atoms with Gasteiger partial charge in [0, 0.05) is 13.1 Å². The second-order valence-electron chi connectivity index (χ2n) is 5.34. The van der Waals surface area contributed by atoms with E-state index in [0.29, 0.717) is 4.90 Å². The second-order valence-corrected chi connectivity index (χ2v) is 5.34. The van der Waals surface area contributed by atoms with Gasteiger partial charge in [-0.1, -0.05) is 6.07 Å². The summed E-state index contributed by atoms with van der Waals surface area (Å²) in [5, 5.41) is 26.3. The molecule has 0 fully saturated rings. The third kappa shape index (κ3) is 2.55. The maximum Gasteiger partial charge on any atom is 0.282 e. The van der Waals surface area contributed by atoms with Gasteiger partial charge in [0.1, 0.15) is 29.6 Å². The number of aromatic nitrogens is 2. The molecule has 11 nitrogen and oxygen atoms in total. The molecule has 0 radical (unpaired) electrons. The maximum atomic E-state index is 12.4. The smallest absolute Gasteiger partial charge is 0.282 e. The Kier molecular flexibility index (Phi) is 3.93. The fourth-order valence-corrected chi connectivity index (χ4v) is 2.59. The van der Waals surface area contributed by atoms with Gasteiger partial charge in [0.2, 0.25) is 5.91 Å². The number of carbonyl (C=O) groups is 3. The van der Waals surface area contributed by atoms with E-state index >= 15 is 0 Å². The van der Waals surface area contributed by atoms with Gasteiger partial charge in [0.05, 0.1) is 16.7 Å². The molecule has 0 saturated carbocycles. The Morgan fingerprint density at radius 3 is 2.77 bits per heavy atom. The summed E-state index contributed by atoms with van der Waals surface area (Å²) in [5.74, 6) is -2.35. The highest BCUT2D eigenvalue weighted by molar-refractivity contribution is 6.24. The molecule has 3 rings (SSSR count). The molecule has 11 heteroatoms. The fraction of sp³-hybridized carbons (Fsp3) is 0.133. The molecular weight excluding hydrogens is 344 g/mol. The molecule has 0 unspecified atom stereocenters. The molecule has 0 bridgehead atoms. The SMILES string of the molecule is Cn1ncc(C#N)c1NC(=O)CN1C(=O)c2cccc([N+](=O)[O-])c2C1=O. The summed E-state index contributed by atoms with van der Waals surface area (Å²) in [6.07, 6.45) is 1.25. The van der Waals surface area contributed by atoms with Crippen molar-refractivity contribution in [3.05, 3.63) is 51.2 Å². The lowest BCUT2D eigenvalue weighted by atomic mass is 10.1. The molecule has 0 saturated heterocycles. The molecule has 130 valence electrons. The molecule has 2 aromatic rings. The molecule has 0 atom stereocenters. The van der Waals surface area contributed by atoms with Crippen LogP contribution in [0, 0.1) is 21.4 Å². The Morgan fingerprint density at radius 2 is 2.12 bits per heavy atom. The van der Waals surface area contributed by atoms with Crippen molar-refractivity contribution in [1.82, 2.24) is 14.7 Å². The molecule has 26 heavy (non-hydrogen) atoms. The zero-order valence-corrected chi connectivity index (χ0v) is 13.3. The lowest BCUT2D eigenvalue weighted by Crippen LogP contribution is -2.37. The van der Waals surface area contributed by atoms with Crippen LogP contribution in [-0.2, 0) is 11.8 Å². The molecule has 1 N–H and O–H groups in total. The molecule has 0 spiro atoms. The van der Waals surface area contributed by atoms with E-state index in [1.54, 1.807) is 0 Å². The van der Waals surface area contributed by atoms with Crippen LogP contribution in [-0.4, -0.2) is 43.9 Å². The van der Waals surface area contributed by atoms with Gasteiger partial charge in [-0.3, -0.25) is 34.1 Å². The van der Waals surface area contributed by atoms with Gasteiger partial charge in [-0.15, -0.1) is 0 Å². The number of nitrogens with zero attached hydrogens (tertiary/aromatic N) is 5. The normalized spacial score (nSPS) is 12.7. The first-order valence-corrected chi connectivity index (χ1v) is 7.20. The van der Waals surface area contributed by atoms with E-state index in [9.17, 15) is 24.5 Å². The van der Waals surface area contributed by atoms with E-state index in [-0.39, 0.29) is 22.5 Å². The van der Waals surface area contributed by atoms with Crippen LogP contribution < -0.4 is 5.32 Å². The summed E-state index contributed by atoms with van der Waals surface area (Å²) >= 11 is 0. The number of nitro benzene ring substituents is 1. The van der Waals surface area contributed by atoms with Gasteiger partial charge in [0.25, 0.3) is 17.5 Å². The summed E-state index contributed by atoms with van der Waals surface area (Å²) < 4.78 is 1.25. The lowest BCUT2D eigenvalue weighted by molar-refractivity contribution is -0.385. The monoisotopic (exact) mass is 354 g/mol. The standard InChI is InChI=1S/C15H10N6O5/c1-19-13(8(5-16)6-17-19)18-11(22)7-20-14(23)9-3-2-4-10(21(25)26)12(9)15(20)24/h2-4,6H,7H2,1H3,(H,18,22). The van der Waals surface area contributed by atoms with Crippen molar-refractivity contribution in [3.8, 4) is 6.07 Å². The zero-order valence-electron chi connectivity index (χ0n) is 13.3. The average molecular weight is 354 g/mol. The van der Waals surface area contributed by atoms with Crippen LogP contribution in [0.15, 0.2) is 24.4 Å². The van der Waals surface area contributed by atoms with E-state index in [1.165, 1.54) is 30.1 Å². The lowest BCUT2D eigenvalue weighted by Gasteiger charge is -2.13. The quantitative estimate of drug-likeness (QED) is 0.475. The minimum atomic E-state index is -0.919. The van der Waals surface area contributed by atoms with Crippen LogP contribution >= 0.6 is 0 Å². The van der Waals surface area contributed by atoms with Crippen molar-refractivity contribution in [2.75, 3.05) is 11.9 Å². The molecule has 2 heterocycles. The van der Waals surface area contributed by atoms with Crippen LogP contribution in [0.25, 0.3) is 0 Å². The first kappa shape index (κ1) is 16.8. The number of nitriles is 1. The Balaban J connectivity index is 1.84. The molecule has 1 aliphatic heterocycles. The number of rotatable bonds is 4. The van der Waals surface area contributed by atoms with E-state index in [4.69, 9.17) is 5.26 Å². The molecular formula is C15H10N6O5. The largest absolute Gasteiger partial charge is 0.308 e. The first-order valence-electron chi connectivity index (χ1n) is 7.20. The Hall–Kier alpha value is -4.07. The molecule has 3 amide bonds. The number of amides is 3. The highest BCUT2D eigenvalue weighted by Crippen LogP contribution is 2.30. The van der Waals surface area contributed by atoms with Crippen molar-refractivity contribution in [2.45, 2.75) is 0 Å². The average Bonchev–Trinajstić information content (AvgIpc) is 3.08. The van der Waals surface area contributed by atoms with Gasteiger partial charge in [-0.2, -0.15) is 10.4 Å². The van der Waals surface area contributed by atoms with Gasteiger partial charge >= 0.3 is 0 Å². The topological polar surface area (TPSA) is 151 Å². The number of nitro groups is 1. The molecule has 1 aliphatic rings.